The van der Waals surface area contributed by atoms with Gasteiger partial charge in [0.1, 0.15) is 42.0 Å². The van der Waals surface area contributed by atoms with Crippen LogP contribution in [0.1, 0.15) is 69.1 Å². The Morgan fingerprint density at radius 2 is 1.23 bits per heavy atom. The molecule has 4 aromatic rings. The number of carbonyl (C=O) groups excluding carboxylic acids is 7. The number of ether oxygens (including phenoxy) is 5. The molecule has 4 atom stereocenters. The average molecular weight is 907 g/mol. The Kier molecular flexibility index (Phi) is 15.4. The van der Waals surface area contributed by atoms with Crippen molar-refractivity contribution in [3.05, 3.63) is 155 Å². The molecule has 0 aromatic heterocycles. The van der Waals surface area contributed by atoms with E-state index in [9.17, 15) is 33.6 Å². The molecule has 2 heterocycles. The van der Waals surface area contributed by atoms with Gasteiger partial charge in [-0.25, -0.2) is 20.4 Å². The van der Waals surface area contributed by atoms with Crippen molar-refractivity contribution < 1.29 is 57.2 Å². The molecule has 0 radical (unpaired) electrons. The van der Waals surface area contributed by atoms with Crippen LogP contribution in [0.25, 0.3) is 0 Å². The summed E-state index contributed by atoms with van der Waals surface area (Å²) in [7, 11) is 0. The molecular formula is C48H50N4O12S. The number of amides is 3. The maximum atomic E-state index is 14.1. The summed E-state index contributed by atoms with van der Waals surface area (Å²) in [6.45, 7) is 6.18. The number of hydrazine groups is 1. The van der Waals surface area contributed by atoms with Gasteiger partial charge < -0.3 is 29.0 Å². The molecular weight excluding hydrogens is 857 g/mol. The van der Waals surface area contributed by atoms with Gasteiger partial charge in [0, 0.05) is 18.2 Å². The molecule has 3 N–H and O–H groups in total. The van der Waals surface area contributed by atoms with Gasteiger partial charge in [-0.2, -0.15) is 0 Å². The number of nitrogens with zero attached hydrogens (tertiary/aromatic N) is 2. The first-order valence-corrected chi connectivity index (χ1v) is 21.7. The summed E-state index contributed by atoms with van der Waals surface area (Å²) in [5.74, 6) is -0.558. The smallest absolute Gasteiger partial charge is 0.424 e. The Morgan fingerprint density at radius 1 is 0.754 bits per heavy atom. The molecule has 6 rings (SSSR count). The first-order valence-electron chi connectivity index (χ1n) is 20.7. The van der Waals surface area contributed by atoms with E-state index in [0.29, 0.717) is 32.8 Å². The molecule has 3 amide bonds. The normalized spacial score (nSPS) is 16.6. The minimum Gasteiger partial charge on any atom is -0.461 e. The summed E-state index contributed by atoms with van der Waals surface area (Å²) in [4.78, 5) is 95.1. The number of thioether (sulfide) groups is 1. The van der Waals surface area contributed by atoms with Gasteiger partial charge in [0.2, 0.25) is 5.91 Å². The molecule has 2 aliphatic rings. The van der Waals surface area contributed by atoms with E-state index in [1.54, 1.807) is 130 Å². The monoisotopic (exact) mass is 906 g/mol. The lowest BCUT2D eigenvalue weighted by Gasteiger charge is -2.50. The number of carbonyl (C=O) groups is 7. The molecule has 65 heavy (non-hydrogen) atoms. The summed E-state index contributed by atoms with van der Waals surface area (Å²) >= 11 is 1.22. The number of hydrogen-bond donors (Lipinski definition) is 2. The molecule has 0 saturated carbocycles. The fourth-order valence-electron chi connectivity index (χ4n) is 6.89. The second-order valence-corrected chi connectivity index (χ2v) is 17.2. The van der Waals surface area contributed by atoms with Crippen LogP contribution in [-0.2, 0) is 52.5 Å². The topological polar surface area (TPSA) is 210 Å². The van der Waals surface area contributed by atoms with Crippen LogP contribution in [0.15, 0.2) is 133 Å². The highest BCUT2D eigenvalue weighted by atomic mass is 32.2. The lowest BCUT2D eigenvalue weighted by Crippen LogP contribution is -2.72. The van der Waals surface area contributed by atoms with Gasteiger partial charge >= 0.3 is 30.0 Å². The van der Waals surface area contributed by atoms with E-state index < -0.39 is 89.6 Å². The van der Waals surface area contributed by atoms with E-state index in [1.165, 1.54) is 30.5 Å². The fraction of sp³-hybridized carbons (Fsp3) is 0.312. The molecule has 16 nitrogen and oxygen atoms in total. The van der Waals surface area contributed by atoms with E-state index in [1.807, 2.05) is 12.1 Å². The van der Waals surface area contributed by atoms with E-state index in [0.717, 1.165) is 0 Å². The number of nitrogens with one attached hydrogen (secondary N) is 1. The summed E-state index contributed by atoms with van der Waals surface area (Å²) in [5.41, 5.74) is 1.78. The van der Waals surface area contributed by atoms with Gasteiger partial charge in [-0.15, -0.1) is 11.8 Å². The van der Waals surface area contributed by atoms with Crippen molar-refractivity contribution in [1.82, 2.24) is 15.2 Å². The first-order chi connectivity index (χ1) is 31.0. The van der Waals surface area contributed by atoms with Crippen molar-refractivity contribution >= 4 is 53.5 Å². The third-order valence-corrected chi connectivity index (χ3v) is 11.6. The van der Waals surface area contributed by atoms with Crippen molar-refractivity contribution in [3.63, 3.8) is 0 Å². The van der Waals surface area contributed by atoms with Crippen LogP contribution in [0.2, 0.25) is 0 Å². The number of benzene rings is 4. The van der Waals surface area contributed by atoms with Crippen LogP contribution in [0.4, 0.5) is 4.79 Å². The zero-order valence-electron chi connectivity index (χ0n) is 36.4. The van der Waals surface area contributed by atoms with Crippen molar-refractivity contribution in [2.24, 2.45) is 11.8 Å². The van der Waals surface area contributed by atoms with Crippen LogP contribution in [0.5, 0.6) is 0 Å². The first kappa shape index (κ1) is 47.5. The molecule has 0 unspecified atom stereocenters. The van der Waals surface area contributed by atoms with E-state index in [2.05, 4.69) is 5.32 Å². The number of esters is 4. The Bertz CT molecular complexity index is 2320. The van der Waals surface area contributed by atoms with Gasteiger partial charge in [-0.3, -0.25) is 28.9 Å². The van der Waals surface area contributed by atoms with Crippen LogP contribution < -0.4 is 11.2 Å². The number of nitrogens with two attached hydrogens (primary N) is 1. The highest BCUT2D eigenvalue weighted by molar-refractivity contribution is 8.00. The third-order valence-electron chi connectivity index (χ3n) is 10.2. The second kappa shape index (κ2) is 21.1. The Morgan fingerprint density at radius 3 is 1.69 bits per heavy atom. The maximum Gasteiger partial charge on any atom is 0.424 e. The van der Waals surface area contributed by atoms with Crippen LogP contribution >= 0.6 is 11.8 Å². The molecule has 1 fully saturated rings. The zero-order chi connectivity index (χ0) is 46.8. The number of hydrogen-bond acceptors (Lipinski definition) is 14. The predicted molar refractivity (Wildman–Crippen MR) is 236 cm³/mol. The predicted octanol–water partition coefficient (Wildman–Crippen LogP) is 5.53. The summed E-state index contributed by atoms with van der Waals surface area (Å²) in [5, 5.41) is 2.27. The van der Waals surface area contributed by atoms with Gasteiger partial charge in [-0.05, 0) is 49.9 Å². The fourth-order valence-corrected chi connectivity index (χ4v) is 8.22. The molecule has 0 aliphatic carbocycles. The third kappa shape index (κ3) is 11.8. The van der Waals surface area contributed by atoms with Gasteiger partial charge in [0.25, 0.3) is 5.91 Å². The minimum absolute atomic E-state index is 0.114. The molecule has 340 valence electrons. The second-order valence-electron chi connectivity index (χ2n) is 16.1. The Hall–Kier alpha value is -6.98. The molecule has 17 heteroatoms. The van der Waals surface area contributed by atoms with Gasteiger partial charge in [0.05, 0.1) is 0 Å². The summed E-state index contributed by atoms with van der Waals surface area (Å²) in [6, 6.07) is 33.2. The van der Waals surface area contributed by atoms with E-state index >= 15 is 0 Å². The van der Waals surface area contributed by atoms with Crippen LogP contribution in [-0.4, -0.2) is 93.7 Å². The molecule has 0 bridgehead atoms. The standard InChI is InChI=1S/C48H50N4O12S/c1-29(52(49)47(59)61-27-36(45(57)64-48(3,4)5)44(56)62-39(31-18-10-6-11-19-31)32-20-12-7-13-21-32)41(54)50-37-42(55)51-38(35(26-60-30(2)53)28-65-43(37)51)46(58)63-40(33-22-14-8-15-23-33)34-24-16-9-17-25-34/h6-25,29,36-37,39-40,43H,26-28,49H2,1-5H3,(H,50,54)/t29-,36-,37-,43-/m1/s1. The lowest BCUT2D eigenvalue weighted by atomic mass is 10.0. The minimum atomic E-state index is -1.75. The largest absolute Gasteiger partial charge is 0.461 e. The molecule has 2 aliphatic heterocycles. The van der Waals surface area contributed by atoms with E-state index in [4.69, 9.17) is 29.5 Å². The van der Waals surface area contributed by atoms with Gasteiger partial charge in [-0.1, -0.05) is 121 Å². The number of β-lactam (4-membered cyclic amide) rings is 1. The zero-order valence-corrected chi connectivity index (χ0v) is 37.2. The van der Waals surface area contributed by atoms with Crippen LogP contribution in [0, 0.1) is 5.92 Å². The van der Waals surface area contributed by atoms with Crippen LogP contribution in [0.3, 0.4) is 0 Å². The van der Waals surface area contributed by atoms with Crippen molar-refractivity contribution in [3.8, 4) is 0 Å². The molecule has 4 aromatic carbocycles. The van der Waals surface area contributed by atoms with Crippen molar-refractivity contribution in [2.75, 3.05) is 19.0 Å². The highest BCUT2D eigenvalue weighted by Gasteiger charge is 2.55. The van der Waals surface area contributed by atoms with E-state index in [-0.39, 0.29) is 18.1 Å². The average Bonchev–Trinajstić information content (AvgIpc) is 3.30. The lowest BCUT2D eigenvalue weighted by molar-refractivity contribution is -0.173. The number of fused-ring (bicyclic) bond motifs is 1. The van der Waals surface area contributed by atoms with Crippen molar-refractivity contribution in [1.29, 1.82) is 0 Å². The molecule has 1 saturated heterocycles. The Balaban J connectivity index is 1.13. The quantitative estimate of drug-likeness (QED) is 0.0270. The Labute approximate surface area is 380 Å². The maximum absolute atomic E-state index is 14.1. The van der Waals surface area contributed by atoms with Crippen molar-refractivity contribution in [2.45, 2.75) is 69.9 Å². The molecule has 0 spiro atoms. The van der Waals surface area contributed by atoms with Gasteiger partial charge in [0.15, 0.2) is 18.1 Å². The highest BCUT2D eigenvalue weighted by Crippen LogP contribution is 2.42. The summed E-state index contributed by atoms with van der Waals surface area (Å²) < 4.78 is 28.1. The number of rotatable bonds is 16. The SMILES string of the molecule is CC(=O)OCC1=C(C(=O)OC(c2ccccc2)c2ccccc2)N2C(=O)[C@@H](NC(=O)[C@@H](C)N(N)C(=O)OC[C@H](C(=O)OC(c3ccccc3)c3ccccc3)C(=O)OC(C)(C)C)[C@H]2SC1. The summed E-state index contributed by atoms with van der Waals surface area (Å²) in [6.07, 6.45) is -3.06.